The minimum atomic E-state index is -0.208. The fraction of sp³-hybridized carbons (Fsp3) is 0.188. The SMILES string of the molecule is CC(CSC(=N)N)c1ccc(-c2ccccc2F)cc1. The molecule has 20 heavy (non-hydrogen) atoms. The maximum atomic E-state index is 13.7. The maximum Gasteiger partial charge on any atom is 0.151 e. The molecular weight excluding hydrogens is 271 g/mol. The van der Waals surface area contributed by atoms with Crippen LogP contribution in [0.25, 0.3) is 11.1 Å². The molecule has 104 valence electrons. The summed E-state index contributed by atoms with van der Waals surface area (Å²) in [5.74, 6) is 0.869. The molecule has 4 heteroatoms. The van der Waals surface area contributed by atoms with E-state index >= 15 is 0 Å². The van der Waals surface area contributed by atoms with E-state index in [2.05, 4.69) is 6.92 Å². The minimum Gasteiger partial charge on any atom is -0.379 e. The Morgan fingerprint density at radius 1 is 1.20 bits per heavy atom. The summed E-state index contributed by atoms with van der Waals surface area (Å²) in [6.45, 7) is 2.09. The molecule has 0 saturated heterocycles. The Bertz CT molecular complexity index is 596. The maximum absolute atomic E-state index is 13.7. The first-order chi connectivity index (χ1) is 9.58. The first-order valence-corrected chi connectivity index (χ1v) is 7.38. The normalized spacial score (nSPS) is 12.1. The summed E-state index contributed by atoms with van der Waals surface area (Å²) in [6, 6.07) is 14.6. The van der Waals surface area contributed by atoms with E-state index in [0.29, 0.717) is 11.5 Å². The molecule has 0 heterocycles. The molecule has 1 unspecified atom stereocenters. The molecule has 0 fully saturated rings. The van der Waals surface area contributed by atoms with Gasteiger partial charge >= 0.3 is 0 Å². The van der Waals surface area contributed by atoms with E-state index in [-0.39, 0.29) is 11.0 Å². The molecular formula is C16H17FN2S. The van der Waals surface area contributed by atoms with Crippen LogP contribution in [0.15, 0.2) is 48.5 Å². The van der Waals surface area contributed by atoms with E-state index in [0.717, 1.165) is 11.3 Å². The molecule has 2 aromatic rings. The highest BCUT2D eigenvalue weighted by molar-refractivity contribution is 8.13. The molecule has 0 aliphatic carbocycles. The molecule has 1 atom stereocenters. The van der Waals surface area contributed by atoms with Gasteiger partial charge in [0.1, 0.15) is 5.82 Å². The van der Waals surface area contributed by atoms with Crippen molar-refractivity contribution in [1.29, 1.82) is 5.41 Å². The van der Waals surface area contributed by atoms with Gasteiger partial charge in [-0.05, 0) is 23.1 Å². The van der Waals surface area contributed by atoms with Crippen LogP contribution in [0.5, 0.6) is 0 Å². The van der Waals surface area contributed by atoms with Gasteiger partial charge in [0.15, 0.2) is 5.17 Å². The van der Waals surface area contributed by atoms with E-state index in [4.69, 9.17) is 11.1 Å². The Kier molecular flexibility index (Phi) is 4.79. The second kappa shape index (κ2) is 6.57. The number of amidine groups is 1. The highest BCUT2D eigenvalue weighted by Crippen LogP contribution is 2.26. The van der Waals surface area contributed by atoms with Crippen molar-refractivity contribution in [2.24, 2.45) is 5.73 Å². The van der Waals surface area contributed by atoms with Crippen molar-refractivity contribution in [3.8, 4) is 11.1 Å². The smallest absolute Gasteiger partial charge is 0.151 e. The first kappa shape index (κ1) is 14.6. The van der Waals surface area contributed by atoms with E-state index in [1.807, 2.05) is 30.3 Å². The molecule has 0 aliphatic heterocycles. The molecule has 0 saturated carbocycles. The third-order valence-electron chi connectivity index (χ3n) is 3.15. The fourth-order valence-corrected chi connectivity index (χ4v) is 2.62. The predicted octanol–water partition coefficient (Wildman–Crippen LogP) is 4.22. The molecule has 0 amide bonds. The van der Waals surface area contributed by atoms with E-state index in [9.17, 15) is 4.39 Å². The Balaban J connectivity index is 2.14. The summed E-state index contributed by atoms with van der Waals surface area (Å²) in [5.41, 5.74) is 7.99. The van der Waals surface area contributed by atoms with Crippen molar-refractivity contribution in [3.63, 3.8) is 0 Å². The molecule has 0 aliphatic rings. The van der Waals surface area contributed by atoms with Gasteiger partial charge in [-0.3, -0.25) is 5.41 Å². The second-order valence-corrected chi connectivity index (χ2v) is 5.74. The molecule has 3 N–H and O–H groups in total. The number of halogens is 1. The number of hydrogen-bond donors (Lipinski definition) is 2. The Hall–Kier alpha value is -1.81. The van der Waals surface area contributed by atoms with Gasteiger partial charge in [-0.2, -0.15) is 0 Å². The average Bonchev–Trinajstić information content (AvgIpc) is 2.45. The molecule has 0 radical (unpaired) electrons. The summed E-state index contributed by atoms with van der Waals surface area (Å²) in [6.07, 6.45) is 0. The van der Waals surface area contributed by atoms with E-state index in [1.54, 1.807) is 12.1 Å². The van der Waals surface area contributed by atoms with Crippen LogP contribution in [0.1, 0.15) is 18.4 Å². The van der Waals surface area contributed by atoms with Gasteiger partial charge in [0, 0.05) is 11.3 Å². The molecule has 2 rings (SSSR count). The van der Waals surface area contributed by atoms with Crippen LogP contribution in [0.3, 0.4) is 0 Å². The predicted molar refractivity (Wildman–Crippen MR) is 84.6 cm³/mol. The molecule has 2 nitrogen and oxygen atoms in total. The summed E-state index contributed by atoms with van der Waals surface area (Å²) in [5, 5.41) is 7.36. The lowest BCUT2D eigenvalue weighted by molar-refractivity contribution is 0.631. The van der Waals surface area contributed by atoms with Gasteiger partial charge in [0.2, 0.25) is 0 Å². The van der Waals surface area contributed by atoms with Crippen LogP contribution < -0.4 is 5.73 Å². The highest BCUT2D eigenvalue weighted by Gasteiger charge is 2.08. The lowest BCUT2D eigenvalue weighted by Gasteiger charge is -2.12. The summed E-state index contributed by atoms with van der Waals surface area (Å²) in [7, 11) is 0. The fourth-order valence-electron chi connectivity index (χ4n) is 2.00. The standard InChI is InChI=1S/C16H17FN2S/c1-11(10-20-16(18)19)12-6-8-13(9-7-12)14-4-2-3-5-15(14)17/h2-9,11H,10H2,1H3,(H3,18,19). The third-order valence-corrected chi connectivity index (χ3v) is 4.13. The minimum absolute atomic E-state index is 0.139. The van der Waals surface area contributed by atoms with Crippen molar-refractivity contribution in [1.82, 2.24) is 0 Å². The summed E-state index contributed by atoms with van der Waals surface area (Å²) < 4.78 is 13.7. The Morgan fingerprint density at radius 3 is 2.45 bits per heavy atom. The number of thioether (sulfide) groups is 1. The van der Waals surface area contributed by atoms with Gasteiger partial charge < -0.3 is 5.73 Å². The quantitative estimate of drug-likeness (QED) is 0.653. The number of rotatable bonds is 4. The zero-order chi connectivity index (χ0) is 14.5. The summed E-state index contributed by atoms with van der Waals surface area (Å²) >= 11 is 1.34. The monoisotopic (exact) mass is 288 g/mol. The van der Waals surface area contributed by atoms with Gasteiger partial charge in [-0.15, -0.1) is 0 Å². The van der Waals surface area contributed by atoms with Gasteiger partial charge in [-0.25, -0.2) is 4.39 Å². The van der Waals surface area contributed by atoms with Gasteiger partial charge in [0.05, 0.1) is 0 Å². The van der Waals surface area contributed by atoms with Crippen LogP contribution >= 0.6 is 11.8 Å². The van der Waals surface area contributed by atoms with Crippen molar-refractivity contribution in [2.45, 2.75) is 12.8 Å². The van der Waals surface area contributed by atoms with Crippen LogP contribution in [0, 0.1) is 11.2 Å². The number of nitrogens with two attached hydrogens (primary N) is 1. The zero-order valence-electron chi connectivity index (χ0n) is 11.3. The van der Waals surface area contributed by atoms with E-state index in [1.165, 1.54) is 23.4 Å². The highest BCUT2D eigenvalue weighted by atomic mass is 32.2. The first-order valence-electron chi connectivity index (χ1n) is 6.39. The molecule has 0 spiro atoms. The largest absolute Gasteiger partial charge is 0.379 e. The van der Waals surface area contributed by atoms with Gasteiger partial charge in [-0.1, -0.05) is 61.2 Å². The average molecular weight is 288 g/mol. The van der Waals surface area contributed by atoms with Gasteiger partial charge in [0.25, 0.3) is 0 Å². The number of hydrogen-bond acceptors (Lipinski definition) is 2. The number of benzene rings is 2. The van der Waals surface area contributed by atoms with Crippen molar-refractivity contribution in [2.75, 3.05) is 5.75 Å². The zero-order valence-corrected chi connectivity index (χ0v) is 12.1. The number of nitrogens with one attached hydrogen (secondary N) is 1. The van der Waals surface area contributed by atoms with Crippen LogP contribution in [0.2, 0.25) is 0 Å². The topological polar surface area (TPSA) is 49.9 Å². The van der Waals surface area contributed by atoms with E-state index < -0.39 is 0 Å². The lowest BCUT2D eigenvalue weighted by Crippen LogP contribution is -2.07. The second-order valence-electron chi connectivity index (χ2n) is 4.68. The third kappa shape index (κ3) is 3.61. The summed E-state index contributed by atoms with van der Waals surface area (Å²) in [4.78, 5) is 0. The Labute approximate surface area is 122 Å². The molecule has 0 aromatic heterocycles. The van der Waals surface area contributed by atoms with Crippen molar-refractivity contribution < 1.29 is 4.39 Å². The molecule has 0 bridgehead atoms. The molecule has 2 aromatic carbocycles. The van der Waals surface area contributed by atoms with Crippen molar-refractivity contribution >= 4 is 16.9 Å². The van der Waals surface area contributed by atoms with Crippen molar-refractivity contribution in [3.05, 3.63) is 59.9 Å². The Morgan fingerprint density at radius 2 is 1.85 bits per heavy atom. The lowest BCUT2D eigenvalue weighted by atomic mass is 9.98. The van der Waals surface area contributed by atoms with Crippen LogP contribution in [0.4, 0.5) is 4.39 Å². The van der Waals surface area contributed by atoms with Crippen LogP contribution in [-0.4, -0.2) is 10.9 Å². The van der Waals surface area contributed by atoms with Crippen LogP contribution in [-0.2, 0) is 0 Å².